The molecule has 0 radical (unpaired) electrons. The molecule has 2 heterocycles. The van der Waals surface area contributed by atoms with Gasteiger partial charge in [0.25, 0.3) is 5.78 Å². The molecular weight excluding hydrogens is 292 g/mol. The predicted octanol–water partition coefficient (Wildman–Crippen LogP) is 0.756. The summed E-state index contributed by atoms with van der Waals surface area (Å²) in [5.41, 5.74) is -1.78. The molecule has 0 aliphatic carbocycles. The van der Waals surface area contributed by atoms with Crippen molar-refractivity contribution in [3.63, 3.8) is 0 Å². The van der Waals surface area contributed by atoms with E-state index in [2.05, 4.69) is 6.58 Å². The zero-order valence-corrected chi connectivity index (χ0v) is 13.1. The number of cyclic esters (lactones) is 1. The Morgan fingerprint density at radius 3 is 2.55 bits per heavy atom. The first-order valence-corrected chi connectivity index (χ1v) is 7.03. The van der Waals surface area contributed by atoms with Gasteiger partial charge in [0.05, 0.1) is 6.61 Å². The second kappa shape index (κ2) is 5.48. The van der Waals surface area contributed by atoms with Crippen molar-refractivity contribution < 1.29 is 33.3 Å². The zero-order chi connectivity index (χ0) is 16.7. The molecule has 2 aliphatic rings. The Labute approximate surface area is 128 Å². The van der Waals surface area contributed by atoms with Crippen LogP contribution in [0.5, 0.6) is 0 Å². The summed E-state index contributed by atoms with van der Waals surface area (Å²) >= 11 is 0. The van der Waals surface area contributed by atoms with Gasteiger partial charge in [-0.15, -0.1) is 6.58 Å². The molecular formula is C15H20O7. The third kappa shape index (κ3) is 2.55. The van der Waals surface area contributed by atoms with Gasteiger partial charge in [-0.1, -0.05) is 13.0 Å². The van der Waals surface area contributed by atoms with Crippen molar-refractivity contribution in [1.82, 2.24) is 0 Å². The highest BCUT2D eigenvalue weighted by Crippen LogP contribution is 2.41. The number of hydrogen-bond acceptors (Lipinski definition) is 7. The molecule has 0 aromatic rings. The van der Waals surface area contributed by atoms with Gasteiger partial charge in [0.15, 0.2) is 11.9 Å². The Bertz CT molecular complexity index is 524. The van der Waals surface area contributed by atoms with E-state index >= 15 is 0 Å². The number of rotatable bonds is 4. The normalized spacial score (nSPS) is 35.1. The predicted molar refractivity (Wildman–Crippen MR) is 73.6 cm³/mol. The van der Waals surface area contributed by atoms with E-state index in [-0.39, 0.29) is 6.61 Å². The quantitative estimate of drug-likeness (QED) is 0.430. The number of carbonyl (C=O) groups excluding carboxylic acids is 3. The van der Waals surface area contributed by atoms with Crippen molar-refractivity contribution in [3.8, 4) is 0 Å². The van der Waals surface area contributed by atoms with Gasteiger partial charge in [-0.3, -0.25) is 9.59 Å². The summed E-state index contributed by atoms with van der Waals surface area (Å²) in [5, 5.41) is 0. The maximum Gasteiger partial charge on any atom is 0.379 e. The number of hydrogen-bond donors (Lipinski definition) is 0. The van der Waals surface area contributed by atoms with Crippen LogP contribution in [0.2, 0.25) is 0 Å². The molecule has 7 nitrogen and oxygen atoms in total. The second-order valence-corrected chi connectivity index (χ2v) is 5.93. The maximum absolute atomic E-state index is 12.4. The molecule has 122 valence electrons. The first-order valence-electron chi connectivity index (χ1n) is 7.03. The molecule has 0 unspecified atom stereocenters. The molecule has 2 rings (SSSR count). The fourth-order valence-corrected chi connectivity index (χ4v) is 2.84. The summed E-state index contributed by atoms with van der Waals surface area (Å²) in [6, 6.07) is 0. The maximum atomic E-state index is 12.4. The summed E-state index contributed by atoms with van der Waals surface area (Å²) < 4.78 is 21.6. The Morgan fingerprint density at radius 1 is 1.45 bits per heavy atom. The molecule has 0 amide bonds. The second-order valence-electron chi connectivity index (χ2n) is 5.93. The van der Waals surface area contributed by atoms with E-state index in [0.717, 1.165) is 0 Å². The Hall–Kier alpha value is -1.73. The Balaban J connectivity index is 2.45. The van der Waals surface area contributed by atoms with Crippen LogP contribution in [0.1, 0.15) is 27.7 Å². The monoisotopic (exact) mass is 312 g/mol. The Morgan fingerprint density at radius 2 is 2.09 bits per heavy atom. The Kier molecular flexibility index (Phi) is 4.14. The highest BCUT2D eigenvalue weighted by atomic mass is 16.8. The molecule has 0 bridgehead atoms. The molecule has 4 atom stereocenters. The van der Waals surface area contributed by atoms with Crippen molar-refractivity contribution in [2.24, 2.45) is 5.92 Å². The summed E-state index contributed by atoms with van der Waals surface area (Å²) in [5.74, 6) is -4.15. The third-order valence-electron chi connectivity index (χ3n) is 3.91. The molecule has 0 aromatic heterocycles. The van der Waals surface area contributed by atoms with Gasteiger partial charge in [0.2, 0.25) is 5.60 Å². The first kappa shape index (κ1) is 16.6. The minimum atomic E-state index is -1.78. The average molecular weight is 312 g/mol. The lowest BCUT2D eigenvalue weighted by Crippen LogP contribution is -2.57. The van der Waals surface area contributed by atoms with Gasteiger partial charge in [-0.25, -0.2) is 4.79 Å². The molecule has 22 heavy (non-hydrogen) atoms. The summed E-state index contributed by atoms with van der Waals surface area (Å²) in [6.45, 7) is 9.95. The van der Waals surface area contributed by atoms with Crippen LogP contribution in [0, 0.1) is 5.92 Å². The van der Waals surface area contributed by atoms with Crippen molar-refractivity contribution in [2.45, 2.75) is 51.3 Å². The molecule has 0 saturated carbocycles. The van der Waals surface area contributed by atoms with Crippen molar-refractivity contribution in [3.05, 3.63) is 12.7 Å². The SMILES string of the molecule is C=C[C@@H](C)[C@@]1(OC(C)=O)C(=O)C(=O)O[C@@H]1[C@@H]1COC(C)(C)O1. The van der Waals surface area contributed by atoms with Gasteiger partial charge in [-0.05, 0) is 13.8 Å². The number of ketones is 1. The van der Waals surface area contributed by atoms with Gasteiger partial charge < -0.3 is 18.9 Å². The molecule has 0 N–H and O–H groups in total. The van der Waals surface area contributed by atoms with Crippen LogP contribution in [0.4, 0.5) is 0 Å². The third-order valence-corrected chi connectivity index (χ3v) is 3.91. The van der Waals surface area contributed by atoms with E-state index in [0.29, 0.717) is 0 Å². The standard InChI is InChI=1S/C15H20O7/c1-6-8(2)15(21-9(3)16)11(17)13(18)20-12(15)10-7-19-14(4,5)22-10/h6,8,10,12H,1,7H2,2-5H3/t8-,10+,12-,15-/m1/s1. The van der Waals surface area contributed by atoms with Crippen molar-refractivity contribution in [1.29, 1.82) is 0 Å². The highest BCUT2D eigenvalue weighted by molar-refractivity contribution is 6.39. The first-order chi connectivity index (χ1) is 10.1. The van der Waals surface area contributed by atoms with Gasteiger partial charge in [0, 0.05) is 12.8 Å². The molecule has 0 spiro atoms. The van der Waals surface area contributed by atoms with E-state index in [1.807, 2.05) is 0 Å². The van der Waals surface area contributed by atoms with Crippen molar-refractivity contribution >= 4 is 17.7 Å². The summed E-state index contributed by atoms with van der Waals surface area (Å²) in [7, 11) is 0. The lowest BCUT2D eigenvalue weighted by molar-refractivity contribution is -0.193. The minimum absolute atomic E-state index is 0.116. The van der Waals surface area contributed by atoms with Gasteiger partial charge >= 0.3 is 11.9 Å². The van der Waals surface area contributed by atoms with Crippen molar-refractivity contribution in [2.75, 3.05) is 6.61 Å². The minimum Gasteiger partial charge on any atom is -0.449 e. The van der Waals surface area contributed by atoms with E-state index < -0.39 is 47.2 Å². The lowest BCUT2D eigenvalue weighted by atomic mass is 9.79. The van der Waals surface area contributed by atoms with Crippen LogP contribution in [-0.2, 0) is 33.3 Å². The van der Waals surface area contributed by atoms with Crippen LogP contribution in [-0.4, -0.2) is 47.9 Å². The largest absolute Gasteiger partial charge is 0.449 e. The van der Waals surface area contributed by atoms with Crippen LogP contribution in [0.15, 0.2) is 12.7 Å². The topological polar surface area (TPSA) is 88.1 Å². The van der Waals surface area contributed by atoms with E-state index in [1.165, 1.54) is 13.0 Å². The molecule has 2 aliphatic heterocycles. The number of esters is 2. The number of ether oxygens (including phenoxy) is 4. The lowest BCUT2D eigenvalue weighted by Gasteiger charge is -2.36. The van der Waals surface area contributed by atoms with Crippen LogP contribution >= 0.6 is 0 Å². The smallest absolute Gasteiger partial charge is 0.379 e. The summed E-state index contributed by atoms with van der Waals surface area (Å²) in [4.78, 5) is 35.7. The molecule has 2 saturated heterocycles. The van der Waals surface area contributed by atoms with E-state index in [4.69, 9.17) is 18.9 Å². The van der Waals surface area contributed by atoms with E-state index in [9.17, 15) is 14.4 Å². The van der Waals surface area contributed by atoms with Crippen LogP contribution < -0.4 is 0 Å². The fourth-order valence-electron chi connectivity index (χ4n) is 2.84. The molecule has 2 fully saturated rings. The number of carbonyl (C=O) groups is 3. The summed E-state index contributed by atoms with van der Waals surface area (Å²) in [6.07, 6.45) is -0.352. The highest BCUT2D eigenvalue weighted by Gasteiger charge is 2.66. The van der Waals surface area contributed by atoms with E-state index in [1.54, 1.807) is 20.8 Å². The van der Waals surface area contributed by atoms with Gasteiger partial charge in [-0.2, -0.15) is 0 Å². The fraction of sp³-hybridized carbons (Fsp3) is 0.667. The zero-order valence-electron chi connectivity index (χ0n) is 13.1. The van der Waals surface area contributed by atoms with Gasteiger partial charge in [0.1, 0.15) is 6.10 Å². The molecule has 7 heteroatoms. The molecule has 0 aromatic carbocycles. The average Bonchev–Trinajstić information content (AvgIpc) is 2.90. The van der Waals surface area contributed by atoms with Crippen LogP contribution in [0.25, 0.3) is 0 Å². The van der Waals surface area contributed by atoms with Crippen LogP contribution in [0.3, 0.4) is 0 Å². The number of Topliss-reactive ketones (excluding diaryl/α,β-unsaturated/α-hetero) is 1.